The Labute approximate surface area is 358 Å². The van der Waals surface area contributed by atoms with Gasteiger partial charge >= 0.3 is 0 Å². The topological polar surface area (TPSA) is 48.5 Å². The standard InChI is InChI=1S/C57H37N5/c1-3-18-38(19-4-1)40-34-35-43(54(37-40)62-51-31-14-9-26-46(51)47-27-10-15-32-52(47)62)41-22-17-23-42(36-41)56-58-55(39-20-5-2-6-21-39)59-57(60-56)48-28-11-16-33-53(48)61-49-29-12-7-24-44(49)45-25-8-13-30-50(45)61/h1-37H. The molecule has 0 aliphatic rings. The van der Waals surface area contributed by atoms with Crippen LogP contribution >= 0.6 is 0 Å². The highest BCUT2D eigenvalue weighted by Crippen LogP contribution is 2.40. The summed E-state index contributed by atoms with van der Waals surface area (Å²) in [7, 11) is 0. The van der Waals surface area contributed by atoms with Crippen LogP contribution < -0.4 is 0 Å². The maximum absolute atomic E-state index is 5.33. The molecular weight excluding hydrogens is 755 g/mol. The molecule has 0 atom stereocenters. The summed E-state index contributed by atoms with van der Waals surface area (Å²) in [6.45, 7) is 0. The number of hydrogen-bond acceptors (Lipinski definition) is 3. The lowest BCUT2D eigenvalue weighted by Crippen LogP contribution is -2.03. The fourth-order valence-corrected chi connectivity index (χ4v) is 9.16. The fourth-order valence-electron chi connectivity index (χ4n) is 9.16. The van der Waals surface area contributed by atoms with Crippen molar-refractivity contribution in [2.24, 2.45) is 0 Å². The van der Waals surface area contributed by atoms with Crippen molar-refractivity contribution in [2.75, 3.05) is 0 Å². The van der Waals surface area contributed by atoms with Crippen molar-refractivity contribution in [1.29, 1.82) is 0 Å². The molecule has 290 valence electrons. The van der Waals surface area contributed by atoms with E-state index < -0.39 is 0 Å². The van der Waals surface area contributed by atoms with Crippen molar-refractivity contribution < 1.29 is 0 Å². The number of rotatable bonds is 7. The maximum atomic E-state index is 5.33. The minimum absolute atomic E-state index is 0.604. The Balaban J connectivity index is 1.06. The molecule has 3 aromatic heterocycles. The van der Waals surface area contributed by atoms with Crippen LogP contribution in [0.5, 0.6) is 0 Å². The van der Waals surface area contributed by atoms with Crippen LogP contribution in [0.2, 0.25) is 0 Å². The molecule has 0 fully saturated rings. The third-order valence-corrected chi connectivity index (χ3v) is 12.0. The van der Waals surface area contributed by atoms with Gasteiger partial charge in [-0.3, -0.25) is 0 Å². The van der Waals surface area contributed by atoms with Crippen LogP contribution in [0.3, 0.4) is 0 Å². The van der Waals surface area contributed by atoms with Gasteiger partial charge in [-0.25, -0.2) is 15.0 Å². The average Bonchev–Trinajstić information content (AvgIpc) is 3.87. The third-order valence-electron chi connectivity index (χ3n) is 12.0. The van der Waals surface area contributed by atoms with Gasteiger partial charge in [-0.05, 0) is 65.2 Å². The number of aromatic nitrogens is 5. The van der Waals surface area contributed by atoms with Crippen molar-refractivity contribution in [3.8, 4) is 67.8 Å². The number of benzene rings is 9. The summed E-state index contributed by atoms with van der Waals surface area (Å²) in [6, 6.07) is 79.2. The summed E-state index contributed by atoms with van der Waals surface area (Å²) >= 11 is 0. The summed E-state index contributed by atoms with van der Waals surface area (Å²) in [4.78, 5) is 15.7. The number of hydrogen-bond donors (Lipinski definition) is 0. The van der Waals surface area contributed by atoms with E-state index in [9.17, 15) is 0 Å². The maximum Gasteiger partial charge on any atom is 0.166 e. The molecule has 0 aliphatic carbocycles. The molecule has 0 aliphatic heterocycles. The summed E-state index contributed by atoms with van der Waals surface area (Å²) in [5, 5.41) is 4.85. The van der Waals surface area contributed by atoms with Crippen molar-refractivity contribution >= 4 is 43.6 Å². The molecule has 0 amide bonds. The average molecular weight is 792 g/mol. The van der Waals surface area contributed by atoms with E-state index in [2.05, 4.69) is 215 Å². The van der Waals surface area contributed by atoms with Crippen molar-refractivity contribution in [3.63, 3.8) is 0 Å². The van der Waals surface area contributed by atoms with Gasteiger partial charge in [0.15, 0.2) is 17.5 Å². The summed E-state index contributed by atoms with van der Waals surface area (Å²) < 4.78 is 4.75. The lowest BCUT2D eigenvalue weighted by Gasteiger charge is -2.17. The molecule has 0 spiro atoms. The first-order valence-electron chi connectivity index (χ1n) is 21.0. The normalized spacial score (nSPS) is 11.5. The second-order valence-electron chi connectivity index (χ2n) is 15.6. The first-order valence-corrected chi connectivity index (χ1v) is 21.0. The van der Waals surface area contributed by atoms with E-state index in [0.29, 0.717) is 17.5 Å². The predicted molar refractivity (Wildman–Crippen MR) is 256 cm³/mol. The summed E-state index contributed by atoms with van der Waals surface area (Å²) in [5.41, 5.74) is 13.9. The Morgan fingerprint density at radius 2 is 0.677 bits per heavy atom. The van der Waals surface area contributed by atoms with Crippen molar-refractivity contribution in [3.05, 3.63) is 224 Å². The van der Waals surface area contributed by atoms with Gasteiger partial charge in [0.25, 0.3) is 0 Å². The second kappa shape index (κ2) is 14.7. The second-order valence-corrected chi connectivity index (χ2v) is 15.6. The van der Waals surface area contributed by atoms with E-state index in [1.54, 1.807) is 0 Å². The molecule has 0 unspecified atom stereocenters. The zero-order valence-electron chi connectivity index (χ0n) is 33.6. The highest BCUT2D eigenvalue weighted by Gasteiger charge is 2.21. The zero-order chi connectivity index (χ0) is 41.0. The molecule has 0 radical (unpaired) electrons. The largest absolute Gasteiger partial charge is 0.309 e. The SMILES string of the molecule is c1ccc(-c2ccc(-c3cccc(-c4nc(-c5ccccc5)nc(-c5ccccc5-n5c6ccccc6c6ccccc65)n4)c3)c(-n3c4ccccc4c4ccccc43)c2)cc1. The molecule has 0 saturated carbocycles. The van der Waals surface area contributed by atoms with Crippen LogP contribution in [-0.4, -0.2) is 24.1 Å². The molecule has 0 N–H and O–H groups in total. The van der Waals surface area contributed by atoms with Gasteiger partial charge in [0, 0.05) is 43.8 Å². The summed E-state index contributed by atoms with van der Waals surface area (Å²) in [6.07, 6.45) is 0. The van der Waals surface area contributed by atoms with E-state index in [4.69, 9.17) is 15.0 Å². The monoisotopic (exact) mass is 791 g/mol. The summed E-state index contributed by atoms with van der Waals surface area (Å²) in [5.74, 6) is 1.83. The highest BCUT2D eigenvalue weighted by atomic mass is 15.1. The molecule has 3 heterocycles. The van der Waals surface area contributed by atoms with E-state index in [1.165, 1.54) is 27.1 Å². The number of para-hydroxylation sites is 5. The van der Waals surface area contributed by atoms with E-state index in [-0.39, 0.29) is 0 Å². The van der Waals surface area contributed by atoms with Crippen molar-refractivity contribution in [2.45, 2.75) is 0 Å². The Morgan fingerprint density at radius 1 is 0.242 bits per heavy atom. The van der Waals surface area contributed by atoms with Gasteiger partial charge in [-0.15, -0.1) is 0 Å². The van der Waals surface area contributed by atoms with Gasteiger partial charge in [0.1, 0.15) is 0 Å². The minimum atomic E-state index is 0.604. The van der Waals surface area contributed by atoms with E-state index in [1.807, 2.05) is 18.2 Å². The Hall–Kier alpha value is -8.41. The van der Waals surface area contributed by atoms with Crippen LogP contribution in [0.4, 0.5) is 0 Å². The Morgan fingerprint density at radius 3 is 1.27 bits per heavy atom. The minimum Gasteiger partial charge on any atom is -0.309 e. The van der Waals surface area contributed by atoms with Crippen LogP contribution in [0, 0.1) is 0 Å². The first-order chi connectivity index (χ1) is 30.8. The third kappa shape index (κ3) is 5.90. The smallest absolute Gasteiger partial charge is 0.166 e. The number of fused-ring (bicyclic) bond motifs is 6. The van der Waals surface area contributed by atoms with Gasteiger partial charge < -0.3 is 9.13 Å². The molecule has 12 aromatic rings. The van der Waals surface area contributed by atoms with Crippen LogP contribution in [-0.2, 0) is 0 Å². The molecule has 12 rings (SSSR count). The van der Waals surface area contributed by atoms with Crippen LogP contribution in [0.1, 0.15) is 0 Å². The lowest BCUT2D eigenvalue weighted by atomic mass is 9.96. The zero-order valence-corrected chi connectivity index (χ0v) is 33.6. The fraction of sp³-hybridized carbons (Fsp3) is 0. The Bertz CT molecular complexity index is 3530. The quantitative estimate of drug-likeness (QED) is 0.162. The van der Waals surface area contributed by atoms with Gasteiger partial charge in [0.2, 0.25) is 0 Å². The van der Waals surface area contributed by atoms with Gasteiger partial charge in [-0.1, -0.05) is 176 Å². The molecule has 62 heavy (non-hydrogen) atoms. The van der Waals surface area contributed by atoms with Crippen molar-refractivity contribution in [1.82, 2.24) is 24.1 Å². The molecule has 0 bridgehead atoms. The number of nitrogens with zero attached hydrogens (tertiary/aromatic N) is 5. The van der Waals surface area contributed by atoms with Gasteiger partial charge in [0.05, 0.1) is 33.4 Å². The molecule has 9 aromatic carbocycles. The molecular formula is C57H37N5. The highest BCUT2D eigenvalue weighted by molar-refractivity contribution is 6.11. The van der Waals surface area contributed by atoms with Crippen LogP contribution in [0.25, 0.3) is 111 Å². The molecule has 5 heteroatoms. The molecule has 0 saturated heterocycles. The molecule has 5 nitrogen and oxygen atoms in total. The predicted octanol–water partition coefficient (Wildman–Crippen LogP) is 14.4. The van der Waals surface area contributed by atoms with E-state index in [0.717, 1.165) is 66.8 Å². The Kier molecular flexibility index (Phi) is 8.42. The van der Waals surface area contributed by atoms with Gasteiger partial charge in [-0.2, -0.15) is 0 Å². The lowest BCUT2D eigenvalue weighted by molar-refractivity contribution is 1.06. The first kappa shape index (κ1) is 35.5. The van der Waals surface area contributed by atoms with Crippen LogP contribution in [0.15, 0.2) is 224 Å². The van der Waals surface area contributed by atoms with E-state index >= 15 is 0 Å².